The third-order valence-electron chi connectivity index (χ3n) is 3.87. The molecule has 0 saturated heterocycles. The molecule has 130 valence electrons. The van der Waals surface area contributed by atoms with E-state index < -0.39 is 23.9 Å². The summed E-state index contributed by atoms with van der Waals surface area (Å²) in [5, 5.41) is 29.4. The molecule has 2 rings (SSSR count). The molecule has 6 heteroatoms. The molecular weight excluding hydrogens is 312 g/mol. The number of esters is 1. The van der Waals surface area contributed by atoms with E-state index in [1.807, 2.05) is 0 Å². The largest absolute Gasteiger partial charge is 0.508 e. The highest BCUT2D eigenvalue weighted by Crippen LogP contribution is 2.29. The van der Waals surface area contributed by atoms with Crippen molar-refractivity contribution in [2.45, 2.75) is 51.2 Å². The van der Waals surface area contributed by atoms with Gasteiger partial charge in [-0.15, -0.1) is 0 Å². The zero-order chi connectivity index (χ0) is 17.7. The molecule has 0 radical (unpaired) electrons. The number of aliphatic hydroxyl groups is 1. The van der Waals surface area contributed by atoms with Crippen LogP contribution in [0.4, 0.5) is 0 Å². The van der Waals surface area contributed by atoms with Crippen LogP contribution in [-0.2, 0) is 16.0 Å². The van der Waals surface area contributed by atoms with Crippen molar-refractivity contribution in [3.63, 3.8) is 0 Å². The Morgan fingerprint density at radius 3 is 2.71 bits per heavy atom. The minimum absolute atomic E-state index is 0.0888. The van der Waals surface area contributed by atoms with Gasteiger partial charge in [-0.1, -0.05) is 12.2 Å². The zero-order valence-electron chi connectivity index (χ0n) is 13.6. The SMILES string of the molecule is C[C@@H]1C/C=C/[C@H](O)CCCC(=O)Cc2cc(O)cc(O)c2C(=O)O1. The van der Waals surface area contributed by atoms with Crippen LogP contribution < -0.4 is 0 Å². The molecule has 0 fully saturated rings. The predicted molar refractivity (Wildman–Crippen MR) is 87.0 cm³/mol. The number of aromatic hydroxyl groups is 2. The van der Waals surface area contributed by atoms with Crippen molar-refractivity contribution in [2.24, 2.45) is 0 Å². The fourth-order valence-electron chi connectivity index (χ4n) is 2.67. The maximum absolute atomic E-state index is 12.3. The third-order valence-corrected chi connectivity index (χ3v) is 3.87. The lowest BCUT2D eigenvalue weighted by molar-refractivity contribution is -0.118. The molecule has 0 amide bonds. The smallest absolute Gasteiger partial charge is 0.342 e. The summed E-state index contributed by atoms with van der Waals surface area (Å²) in [5.41, 5.74) is 0.150. The van der Waals surface area contributed by atoms with Crippen molar-refractivity contribution in [1.29, 1.82) is 0 Å². The van der Waals surface area contributed by atoms with Gasteiger partial charge in [0, 0.05) is 25.3 Å². The molecule has 1 aliphatic rings. The van der Waals surface area contributed by atoms with E-state index in [2.05, 4.69) is 0 Å². The summed E-state index contributed by atoms with van der Waals surface area (Å²) in [6.45, 7) is 1.70. The number of Topliss-reactive ketones (excluding diaryl/α,β-unsaturated/α-hetero) is 1. The lowest BCUT2D eigenvalue weighted by Crippen LogP contribution is -2.18. The van der Waals surface area contributed by atoms with E-state index in [1.165, 1.54) is 6.07 Å². The summed E-state index contributed by atoms with van der Waals surface area (Å²) in [6, 6.07) is 2.34. The molecule has 0 bridgehead atoms. The van der Waals surface area contributed by atoms with Crippen molar-refractivity contribution in [2.75, 3.05) is 0 Å². The molecule has 24 heavy (non-hydrogen) atoms. The number of phenols is 2. The normalized spacial score (nSPS) is 24.6. The van der Waals surface area contributed by atoms with Gasteiger partial charge in [0.1, 0.15) is 28.9 Å². The third kappa shape index (κ3) is 4.83. The topological polar surface area (TPSA) is 104 Å². The summed E-state index contributed by atoms with van der Waals surface area (Å²) < 4.78 is 5.29. The molecule has 1 aromatic carbocycles. The van der Waals surface area contributed by atoms with E-state index >= 15 is 0 Å². The number of rotatable bonds is 0. The Morgan fingerprint density at radius 2 is 1.96 bits per heavy atom. The molecule has 0 unspecified atom stereocenters. The molecular formula is C18H22O6. The van der Waals surface area contributed by atoms with Crippen LogP contribution in [-0.4, -0.2) is 39.3 Å². The van der Waals surface area contributed by atoms with Gasteiger partial charge in [-0.05, 0) is 31.4 Å². The summed E-state index contributed by atoms with van der Waals surface area (Å²) in [6.07, 6.45) is 3.83. The number of fused-ring (bicyclic) bond motifs is 1. The summed E-state index contributed by atoms with van der Waals surface area (Å²) >= 11 is 0. The number of benzene rings is 1. The molecule has 0 spiro atoms. The quantitative estimate of drug-likeness (QED) is 0.496. The Hall–Kier alpha value is -2.34. The van der Waals surface area contributed by atoms with Crippen LogP contribution in [0.5, 0.6) is 11.5 Å². The lowest BCUT2D eigenvalue weighted by atomic mass is 9.98. The molecule has 1 heterocycles. The first kappa shape index (κ1) is 18.0. The number of carbonyl (C=O) groups is 2. The fraction of sp³-hybridized carbons (Fsp3) is 0.444. The Bertz CT molecular complexity index is 649. The van der Waals surface area contributed by atoms with Crippen molar-refractivity contribution >= 4 is 11.8 Å². The Morgan fingerprint density at radius 1 is 1.21 bits per heavy atom. The minimum atomic E-state index is -0.742. The number of hydrogen-bond donors (Lipinski definition) is 3. The monoisotopic (exact) mass is 334 g/mol. The first-order chi connectivity index (χ1) is 11.4. The summed E-state index contributed by atoms with van der Waals surface area (Å²) in [4.78, 5) is 24.4. The van der Waals surface area contributed by atoms with Gasteiger partial charge in [0.25, 0.3) is 0 Å². The highest BCUT2D eigenvalue weighted by atomic mass is 16.5. The Kier molecular flexibility index (Phi) is 5.98. The number of aliphatic hydroxyl groups excluding tert-OH is 1. The second-order valence-electron chi connectivity index (χ2n) is 6.05. The van der Waals surface area contributed by atoms with Gasteiger partial charge in [-0.2, -0.15) is 0 Å². The highest BCUT2D eigenvalue weighted by molar-refractivity contribution is 5.96. The number of phenolic OH excluding ortho intramolecular Hbond substituents is 2. The van der Waals surface area contributed by atoms with E-state index in [-0.39, 0.29) is 35.5 Å². The van der Waals surface area contributed by atoms with Crippen molar-refractivity contribution in [3.05, 3.63) is 35.4 Å². The van der Waals surface area contributed by atoms with Gasteiger partial charge in [-0.25, -0.2) is 4.79 Å². The van der Waals surface area contributed by atoms with Crippen LogP contribution in [0.25, 0.3) is 0 Å². The number of ketones is 1. The van der Waals surface area contributed by atoms with Crippen LogP contribution in [0.2, 0.25) is 0 Å². The van der Waals surface area contributed by atoms with Crippen LogP contribution in [0.3, 0.4) is 0 Å². The minimum Gasteiger partial charge on any atom is -0.508 e. The van der Waals surface area contributed by atoms with E-state index in [0.717, 1.165) is 6.07 Å². The summed E-state index contributed by atoms with van der Waals surface area (Å²) in [5.74, 6) is -1.52. The van der Waals surface area contributed by atoms with Crippen LogP contribution in [0, 0.1) is 0 Å². The molecule has 3 N–H and O–H groups in total. The number of cyclic esters (lactones) is 1. The van der Waals surface area contributed by atoms with E-state index in [4.69, 9.17) is 4.74 Å². The molecule has 0 aromatic heterocycles. The average molecular weight is 334 g/mol. The number of carbonyl (C=O) groups excluding carboxylic acids is 2. The molecule has 2 atom stereocenters. The van der Waals surface area contributed by atoms with Gasteiger partial charge in [0.05, 0.1) is 6.10 Å². The predicted octanol–water partition coefficient (Wildman–Crippen LogP) is 2.25. The zero-order valence-corrected chi connectivity index (χ0v) is 13.6. The van der Waals surface area contributed by atoms with Crippen LogP contribution in [0.15, 0.2) is 24.3 Å². The second kappa shape index (κ2) is 7.97. The van der Waals surface area contributed by atoms with Crippen molar-refractivity contribution < 1.29 is 29.6 Å². The Balaban J connectivity index is 2.34. The molecule has 1 aromatic rings. The lowest BCUT2D eigenvalue weighted by Gasteiger charge is -2.16. The number of ether oxygens (including phenoxy) is 1. The van der Waals surface area contributed by atoms with Gasteiger partial charge < -0.3 is 20.1 Å². The molecule has 1 aliphatic heterocycles. The van der Waals surface area contributed by atoms with Gasteiger partial charge >= 0.3 is 5.97 Å². The standard InChI is InChI=1S/C18H22O6/c1-11-4-2-5-13(19)6-3-7-14(20)8-12-9-15(21)10-16(22)17(12)18(23)24-11/h2,5,9-11,13,19,21-22H,3-4,6-8H2,1H3/b5-2+/t11-,13+/m1/s1. The van der Waals surface area contributed by atoms with E-state index in [0.29, 0.717) is 19.3 Å². The van der Waals surface area contributed by atoms with Gasteiger partial charge in [-0.3, -0.25) is 4.79 Å². The maximum Gasteiger partial charge on any atom is 0.342 e. The number of hydrogen-bond acceptors (Lipinski definition) is 6. The van der Waals surface area contributed by atoms with E-state index in [9.17, 15) is 24.9 Å². The first-order valence-corrected chi connectivity index (χ1v) is 7.99. The van der Waals surface area contributed by atoms with Crippen molar-refractivity contribution in [1.82, 2.24) is 0 Å². The van der Waals surface area contributed by atoms with Gasteiger partial charge in [0.15, 0.2) is 0 Å². The first-order valence-electron chi connectivity index (χ1n) is 7.99. The van der Waals surface area contributed by atoms with E-state index in [1.54, 1.807) is 19.1 Å². The second-order valence-corrected chi connectivity index (χ2v) is 6.05. The molecule has 0 aliphatic carbocycles. The molecule has 6 nitrogen and oxygen atoms in total. The summed E-state index contributed by atoms with van der Waals surface area (Å²) in [7, 11) is 0. The Labute approximate surface area is 140 Å². The fourth-order valence-corrected chi connectivity index (χ4v) is 2.67. The van der Waals surface area contributed by atoms with Gasteiger partial charge in [0.2, 0.25) is 0 Å². The average Bonchev–Trinajstić information content (AvgIpc) is 2.45. The van der Waals surface area contributed by atoms with Crippen molar-refractivity contribution in [3.8, 4) is 11.5 Å². The molecule has 0 saturated carbocycles. The van der Waals surface area contributed by atoms with Crippen LogP contribution >= 0.6 is 0 Å². The highest BCUT2D eigenvalue weighted by Gasteiger charge is 2.22. The van der Waals surface area contributed by atoms with Crippen LogP contribution in [0.1, 0.15) is 48.5 Å². The maximum atomic E-state index is 12.3.